The standard InChI is InChI=1S/C28H31N7O/c1-20-3-2-4-24(31-20)28-30-14-10-26(34-28)32-25-9-13-29-27(33-25)17-21-5-7-22(8-6-21)18-35-15-11-23(19-36)12-16-35/h2-10,13-14,23,36H,11-12,15-19H2,1H3,(H,29,30,32,33,34). The van der Waals surface area contributed by atoms with E-state index >= 15 is 0 Å². The summed E-state index contributed by atoms with van der Waals surface area (Å²) in [6, 6.07) is 18.1. The van der Waals surface area contributed by atoms with Crippen molar-refractivity contribution in [2.75, 3.05) is 25.0 Å². The monoisotopic (exact) mass is 481 g/mol. The van der Waals surface area contributed by atoms with Crippen LogP contribution in [0.4, 0.5) is 11.6 Å². The van der Waals surface area contributed by atoms with Crippen LogP contribution in [0.1, 0.15) is 35.5 Å². The highest BCUT2D eigenvalue weighted by atomic mass is 16.3. The summed E-state index contributed by atoms with van der Waals surface area (Å²) in [7, 11) is 0. The summed E-state index contributed by atoms with van der Waals surface area (Å²) in [5.41, 5.74) is 4.13. The smallest absolute Gasteiger partial charge is 0.180 e. The summed E-state index contributed by atoms with van der Waals surface area (Å²) in [6.45, 7) is 5.32. The Morgan fingerprint density at radius 3 is 2.33 bits per heavy atom. The molecule has 1 aromatic carbocycles. The Balaban J connectivity index is 1.20. The Morgan fingerprint density at radius 1 is 0.861 bits per heavy atom. The number of benzene rings is 1. The highest BCUT2D eigenvalue weighted by Crippen LogP contribution is 2.20. The van der Waals surface area contributed by atoms with Gasteiger partial charge in [-0.3, -0.25) is 4.90 Å². The van der Waals surface area contributed by atoms with Gasteiger partial charge in [0.2, 0.25) is 0 Å². The molecule has 184 valence electrons. The van der Waals surface area contributed by atoms with Gasteiger partial charge in [0.05, 0.1) is 0 Å². The lowest BCUT2D eigenvalue weighted by molar-refractivity contribution is 0.127. The summed E-state index contributed by atoms with van der Waals surface area (Å²) in [4.78, 5) is 25.1. The van der Waals surface area contributed by atoms with Crippen molar-refractivity contribution in [1.82, 2.24) is 29.8 Å². The van der Waals surface area contributed by atoms with E-state index in [4.69, 9.17) is 0 Å². The molecule has 0 amide bonds. The van der Waals surface area contributed by atoms with Gasteiger partial charge >= 0.3 is 0 Å². The Hall–Kier alpha value is -3.75. The molecule has 3 aromatic heterocycles. The van der Waals surface area contributed by atoms with Crippen LogP contribution in [0.5, 0.6) is 0 Å². The van der Waals surface area contributed by atoms with Crippen molar-refractivity contribution >= 4 is 11.6 Å². The van der Waals surface area contributed by atoms with E-state index in [0.29, 0.717) is 36.4 Å². The molecule has 1 fully saturated rings. The summed E-state index contributed by atoms with van der Waals surface area (Å²) in [6.07, 6.45) is 6.29. The molecule has 36 heavy (non-hydrogen) atoms. The van der Waals surface area contributed by atoms with E-state index in [0.717, 1.165) is 49.7 Å². The number of nitrogens with one attached hydrogen (secondary N) is 1. The molecule has 8 heteroatoms. The topological polar surface area (TPSA) is 100.0 Å². The highest BCUT2D eigenvalue weighted by molar-refractivity contribution is 5.56. The number of aromatic nitrogens is 5. The molecule has 0 saturated carbocycles. The van der Waals surface area contributed by atoms with E-state index in [1.54, 1.807) is 12.4 Å². The number of piperidine rings is 1. The fourth-order valence-electron chi connectivity index (χ4n) is 4.43. The van der Waals surface area contributed by atoms with Crippen LogP contribution in [0.3, 0.4) is 0 Å². The minimum Gasteiger partial charge on any atom is -0.396 e. The first kappa shape index (κ1) is 24.0. The van der Waals surface area contributed by atoms with Crippen molar-refractivity contribution in [2.45, 2.75) is 32.7 Å². The van der Waals surface area contributed by atoms with Gasteiger partial charge in [0.25, 0.3) is 0 Å². The summed E-state index contributed by atoms with van der Waals surface area (Å²) < 4.78 is 0. The SMILES string of the molecule is Cc1cccc(-c2nccc(Nc3ccnc(Cc4ccc(CN5CCC(CO)CC5)cc4)n3)n2)n1. The van der Waals surface area contributed by atoms with Crippen molar-refractivity contribution in [3.05, 3.63) is 89.6 Å². The van der Waals surface area contributed by atoms with Crippen molar-refractivity contribution < 1.29 is 5.11 Å². The minimum atomic E-state index is 0.312. The molecule has 1 aliphatic rings. The van der Waals surface area contributed by atoms with E-state index in [-0.39, 0.29) is 0 Å². The Kier molecular flexibility index (Phi) is 7.54. The zero-order valence-electron chi connectivity index (χ0n) is 20.5. The van der Waals surface area contributed by atoms with Gasteiger partial charge < -0.3 is 10.4 Å². The largest absolute Gasteiger partial charge is 0.396 e. The second kappa shape index (κ2) is 11.3. The number of aryl methyl sites for hydroxylation is 1. The van der Waals surface area contributed by atoms with Crippen LogP contribution in [-0.2, 0) is 13.0 Å². The van der Waals surface area contributed by atoms with E-state index in [2.05, 4.69) is 59.4 Å². The van der Waals surface area contributed by atoms with Gasteiger partial charge in [-0.2, -0.15) is 0 Å². The molecule has 0 unspecified atom stereocenters. The van der Waals surface area contributed by atoms with Crippen LogP contribution in [0.15, 0.2) is 67.0 Å². The summed E-state index contributed by atoms with van der Waals surface area (Å²) in [5.74, 6) is 3.12. The molecule has 0 bridgehead atoms. The molecule has 0 radical (unpaired) electrons. The third kappa shape index (κ3) is 6.27. The number of aliphatic hydroxyl groups is 1. The quantitative estimate of drug-likeness (QED) is 0.387. The highest BCUT2D eigenvalue weighted by Gasteiger charge is 2.18. The van der Waals surface area contributed by atoms with E-state index in [1.807, 2.05) is 37.3 Å². The Labute approximate surface area is 211 Å². The van der Waals surface area contributed by atoms with Crippen molar-refractivity contribution in [3.8, 4) is 11.5 Å². The third-order valence-electron chi connectivity index (χ3n) is 6.49. The normalized spacial score (nSPS) is 14.6. The van der Waals surface area contributed by atoms with Gasteiger partial charge in [-0.15, -0.1) is 0 Å². The van der Waals surface area contributed by atoms with Crippen LogP contribution in [0, 0.1) is 12.8 Å². The van der Waals surface area contributed by atoms with Gasteiger partial charge in [0.1, 0.15) is 23.2 Å². The summed E-state index contributed by atoms with van der Waals surface area (Å²) >= 11 is 0. The van der Waals surface area contributed by atoms with E-state index < -0.39 is 0 Å². The molecule has 4 aromatic rings. The zero-order chi connectivity index (χ0) is 24.7. The van der Waals surface area contributed by atoms with Crippen LogP contribution < -0.4 is 5.32 Å². The molecule has 1 saturated heterocycles. The first-order valence-electron chi connectivity index (χ1n) is 12.4. The lowest BCUT2D eigenvalue weighted by Crippen LogP contribution is -2.34. The number of hydrogen-bond donors (Lipinski definition) is 2. The number of aliphatic hydroxyl groups excluding tert-OH is 1. The third-order valence-corrected chi connectivity index (χ3v) is 6.49. The predicted octanol–water partition coefficient (Wildman–Crippen LogP) is 4.18. The fourth-order valence-corrected chi connectivity index (χ4v) is 4.43. The fraction of sp³-hybridized carbons (Fsp3) is 0.321. The predicted molar refractivity (Wildman–Crippen MR) is 140 cm³/mol. The molecular formula is C28H31N7O. The number of rotatable bonds is 8. The number of pyridine rings is 1. The Bertz CT molecular complexity index is 1290. The second-order valence-corrected chi connectivity index (χ2v) is 9.31. The van der Waals surface area contributed by atoms with Crippen LogP contribution in [0.2, 0.25) is 0 Å². The minimum absolute atomic E-state index is 0.312. The first-order chi connectivity index (χ1) is 17.6. The second-order valence-electron chi connectivity index (χ2n) is 9.31. The molecule has 1 aliphatic heterocycles. The van der Waals surface area contributed by atoms with Gasteiger partial charge in [-0.25, -0.2) is 24.9 Å². The van der Waals surface area contributed by atoms with Crippen molar-refractivity contribution in [3.63, 3.8) is 0 Å². The molecular weight excluding hydrogens is 450 g/mol. The van der Waals surface area contributed by atoms with Crippen molar-refractivity contribution in [2.24, 2.45) is 5.92 Å². The van der Waals surface area contributed by atoms with Crippen LogP contribution in [0.25, 0.3) is 11.5 Å². The van der Waals surface area contributed by atoms with E-state index in [1.165, 1.54) is 11.1 Å². The molecule has 8 nitrogen and oxygen atoms in total. The lowest BCUT2D eigenvalue weighted by Gasteiger charge is -2.31. The average Bonchev–Trinajstić information content (AvgIpc) is 2.91. The molecule has 4 heterocycles. The zero-order valence-corrected chi connectivity index (χ0v) is 20.5. The molecule has 0 atom stereocenters. The van der Waals surface area contributed by atoms with Crippen LogP contribution >= 0.6 is 0 Å². The number of nitrogens with zero attached hydrogens (tertiary/aromatic N) is 6. The summed E-state index contributed by atoms with van der Waals surface area (Å²) in [5, 5.41) is 12.6. The van der Waals surface area contributed by atoms with E-state index in [9.17, 15) is 5.11 Å². The lowest BCUT2D eigenvalue weighted by atomic mass is 9.97. The van der Waals surface area contributed by atoms with Gasteiger partial charge in [-0.05, 0) is 74.2 Å². The number of anilines is 2. The molecule has 0 spiro atoms. The number of likely N-dealkylation sites (tertiary alicyclic amines) is 1. The maximum absolute atomic E-state index is 9.33. The average molecular weight is 482 g/mol. The molecule has 0 aliphatic carbocycles. The van der Waals surface area contributed by atoms with Crippen LogP contribution in [-0.4, -0.2) is 54.6 Å². The first-order valence-corrected chi connectivity index (χ1v) is 12.4. The molecule has 5 rings (SSSR count). The maximum atomic E-state index is 9.33. The van der Waals surface area contributed by atoms with Gasteiger partial charge in [-0.1, -0.05) is 30.3 Å². The van der Waals surface area contributed by atoms with Crippen molar-refractivity contribution in [1.29, 1.82) is 0 Å². The number of hydrogen-bond acceptors (Lipinski definition) is 8. The molecule has 2 N–H and O–H groups in total. The van der Waals surface area contributed by atoms with Gasteiger partial charge in [0, 0.05) is 37.7 Å². The maximum Gasteiger partial charge on any atom is 0.180 e. The van der Waals surface area contributed by atoms with Gasteiger partial charge in [0.15, 0.2) is 5.82 Å². The Morgan fingerprint density at radius 2 is 1.58 bits per heavy atom.